The maximum atomic E-state index is 10.6. The minimum absolute atomic E-state index is 0.154. The van der Waals surface area contributed by atoms with Crippen molar-refractivity contribution in [1.29, 1.82) is 5.26 Å². The number of hydrogen-bond acceptors (Lipinski definition) is 4. The first-order valence-corrected chi connectivity index (χ1v) is 5.17. The Balaban J connectivity index is 2.04. The normalized spacial score (nSPS) is 14.9. The third kappa shape index (κ3) is 2.13. The molecule has 0 saturated carbocycles. The molecule has 2 heterocycles. The number of carboxylic acid groups (broad SMARTS) is 1. The van der Waals surface area contributed by atoms with Gasteiger partial charge in [0.1, 0.15) is 6.07 Å². The number of likely N-dealkylation sites (tertiary alicyclic amines) is 1. The molecular formula is C11H12N4O2. The molecule has 1 N–H and O–H groups in total. The zero-order valence-electron chi connectivity index (χ0n) is 9.37. The smallest absolute Gasteiger partial charge is 0.407 e. The van der Waals surface area contributed by atoms with E-state index in [-0.39, 0.29) is 6.04 Å². The van der Waals surface area contributed by atoms with E-state index < -0.39 is 6.09 Å². The van der Waals surface area contributed by atoms with Crippen LogP contribution in [0.1, 0.15) is 5.56 Å². The predicted octanol–water partition coefficient (Wildman–Crippen LogP) is 0.752. The van der Waals surface area contributed by atoms with E-state index in [1.54, 1.807) is 12.3 Å². The summed E-state index contributed by atoms with van der Waals surface area (Å²) < 4.78 is 0. The van der Waals surface area contributed by atoms with Gasteiger partial charge >= 0.3 is 6.09 Å². The highest BCUT2D eigenvalue weighted by molar-refractivity contribution is 5.67. The second kappa shape index (κ2) is 4.29. The number of amides is 1. The predicted molar refractivity (Wildman–Crippen MR) is 60.7 cm³/mol. The second-order valence-electron chi connectivity index (χ2n) is 4.00. The number of rotatable bonds is 2. The summed E-state index contributed by atoms with van der Waals surface area (Å²) in [6.45, 7) is 0.977. The summed E-state index contributed by atoms with van der Waals surface area (Å²) in [5, 5.41) is 17.5. The van der Waals surface area contributed by atoms with E-state index in [0.29, 0.717) is 18.7 Å². The third-order valence-electron chi connectivity index (χ3n) is 2.94. The summed E-state index contributed by atoms with van der Waals surface area (Å²) in [4.78, 5) is 17.9. The van der Waals surface area contributed by atoms with Crippen molar-refractivity contribution in [2.75, 3.05) is 25.0 Å². The maximum absolute atomic E-state index is 10.6. The Bertz CT molecular complexity index is 477. The van der Waals surface area contributed by atoms with E-state index >= 15 is 0 Å². The molecule has 0 atom stereocenters. The first-order chi connectivity index (χ1) is 8.11. The Labute approximate surface area is 98.7 Å². The van der Waals surface area contributed by atoms with Gasteiger partial charge in [0.05, 0.1) is 23.5 Å². The quantitative estimate of drug-likeness (QED) is 0.813. The average molecular weight is 232 g/mol. The van der Waals surface area contributed by atoms with Crippen LogP contribution >= 0.6 is 0 Å². The largest absolute Gasteiger partial charge is 0.465 e. The number of nitriles is 1. The highest BCUT2D eigenvalue weighted by Gasteiger charge is 2.33. The van der Waals surface area contributed by atoms with Gasteiger partial charge < -0.3 is 14.9 Å². The highest BCUT2D eigenvalue weighted by atomic mass is 16.4. The molecule has 0 spiro atoms. The van der Waals surface area contributed by atoms with Crippen molar-refractivity contribution in [3.05, 3.63) is 24.0 Å². The first kappa shape index (κ1) is 11.2. The van der Waals surface area contributed by atoms with Crippen LogP contribution in [0, 0.1) is 11.3 Å². The van der Waals surface area contributed by atoms with Gasteiger partial charge in [-0.1, -0.05) is 0 Å². The summed E-state index contributed by atoms with van der Waals surface area (Å²) in [6.07, 6.45) is 2.28. The molecular weight excluding hydrogens is 220 g/mol. The van der Waals surface area contributed by atoms with Crippen LogP contribution < -0.4 is 4.90 Å². The van der Waals surface area contributed by atoms with Crippen LogP contribution in [0.3, 0.4) is 0 Å². The van der Waals surface area contributed by atoms with Gasteiger partial charge in [0.2, 0.25) is 0 Å². The lowest BCUT2D eigenvalue weighted by Gasteiger charge is -2.43. The van der Waals surface area contributed by atoms with Gasteiger partial charge in [-0.2, -0.15) is 5.26 Å². The average Bonchev–Trinajstić information content (AvgIpc) is 2.26. The zero-order valence-corrected chi connectivity index (χ0v) is 9.37. The molecule has 0 radical (unpaired) electrons. The van der Waals surface area contributed by atoms with Crippen molar-refractivity contribution >= 4 is 11.8 Å². The molecule has 1 aromatic rings. The maximum Gasteiger partial charge on any atom is 0.407 e. The van der Waals surface area contributed by atoms with Crippen molar-refractivity contribution in [3.8, 4) is 6.07 Å². The Kier molecular flexibility index (Phi) is 2.83. The second-order valence-corrected chi connectivity index (χ2v) is 4.00. The first-order valence-electron chi connectivity index (χ1n) is 5.17. The standard InChI is InChI=1S/C11H12N4O2/c1-14(10-6-15(7-10)11(16)17)9-2-8(3-12)4-13-5-9/h2,4-5,10H,6-7H2,1H3,(H,16,17). The van der Waals surface area contributed by atoms with Crippen LogP contribution in [0.4, 0.5) is 10.5 Å². The van der Waals surface area contributed by atoms with E-state index in [1.807, 2.05) is 18.0 Å². The number of likely N-dealkylation sites (N-methyl/N-ethyl adjacent to an activating group) is 1. The lowest BCUT2D eigenvalue weighted by atomic mass is 10.1. The molecule has 1 amide bonds. The van der Waals surface area contributed by atoms with Gasteiger partial charge in [-0.25, -0.2) is 4.79 Å². The van der Waals surface area contributed by atoms with Crippen LogP contribution in [0.5, 0.6) is 0 Å². The summed E-state index contributed by atoms with van der Waals surface area (Å²) in [7, 11) is 1.88. The molecule has 0 bridgehead atoms. The molecule has 88 valence electrons. The lowest BCUT2D eigenvalue weighted by Crippen LogP contribution is -2.60. The number of hydrogen-bond donors (Lipinski definition) is 1. The Morgan fingerprint density at radius 2 is 2.35 bits per heavy atom. The van der Waals surface area contributed by atoms with Crippen LogP contribution in [0.25, 0.3) is 0 Å². The molecule has 2 rings (SSSR count). The lowest BCUT2D eigenvalue weighted by molar-refractivity contribution is 0.105. The van der Waals surface area contributed by atoms with Gasteiger partial charge in [-0.15, -0.1) is 0 Å². The summed E-state index contributed by atoms with van der Waals surface area (Å²) >= 11 is 0. The van der Waals surface area contributed by atoms with Crippen LogP contribution in [0.15, 0.2) is 18.5 Å². The minimum Gasteiger partial charge on any atom is -0.465 e. The number of carbonyl (C=O) groups is 1. The fourth-order valence-corrected chi connectivity index (χ4v) is 1.75. The number of aromatic nitrogens is 1. The molecule has 0 aliphatic carbocycles. The summed E-state index contributed by atoms with van der Waals surface area (Å²) in [5.74, 6) is 0. The summed E-state index contributed by atoms with van der Waals surface area (Å²) in [6, 6.07) is 3.93. The van der Waals surface area contributed by atoms with Gasteiger partial charge in [0, 0.05) is 26.3 Å². The Hall–Kier alpha value is -2.29. The zero-order chi connectivity index (χ0) is 12.4. The van der Waals surface area contributed by atoms with Crippen molar-refractivity contribution in [1.82, 2.24) is 9.88 Å². The van der Waals surface area contributed by atoms with Gasteiger partial charge in [-0.05, 0) is 6.07 Å². The molecule has 1 fully saturated rings. The van der Waals surface area contributed by atoms with Crippen LogP contribution in [-0.4, -0.2) is 47.3 Å². The van der Waals surface area contributed by atoms with Crippen molar-refractivity contribution in [2.24, 2.45) is 0 Å². The molecule has 1 aromatic heterocycles. The van der Waals surface area contributed by atoms with E-state index in [4.69, 9.17) is 10.4 Å². The highest BCUT2D eigenvalue weighted by Crippen LogP contribution is 2.21. The Morgan fingerprint density at radius 1 is 1.65 bits per heavy atom. The Morgan fingerprint density at radius 3 is 2.94 bits per heavy atom. The van der Waals surface area contributed by atoms with Crippen molar-refractivity contribution in [3.63, 3.8) is 0 Å². The molecule has 1 aliphatic rings. The number of pyridine rings is 1. The van der Waals surface area contributed by atoms with Crippen LogP contribution in [0.2, 0.25) is 0 Å². The molecule has 0 unspecified atom stereocenters. The van der Waals surface area contributed by atoms with Gasteiger partial charge in [0.25, 0.3) is 0 Å². The van der Waals surface area contributed by atoms with Gasteiger partial charge in [-0.3, -0.25) is 4.98 Å². The van der Waals surface area contributed by atoms with Crippen molar-refractivity contribution < 1.29 is 9.90 Å². The van der Waals surface area contributed by atoms with Gasteiger partial charge in [0.15, 0.2) is 0 Å². The molecule has 1 saturated heterocycles. The molecule has 17 heavy (non-hydrogen) atoms. The summed E-state index contributed by atoms with van der Waals surface area (Å²) in [5.41, 5.74) is 1.34. The SMILES string of the molecule is CN(c1cncc(C#N)c1)C1CN(C(=O)O)C1. The van der Waals surface area contributed by atoms with E-state index in [1.165, 1.54) is 11.1 Å². The fourth-order valence-electron chi connectivity index (χ4n) is 1.75. The fraction of sp³-hybridized carbons (Fsp3) is 0.364. The molecule has 0 aromatic carbocycles. The number of nitrogens with zero attached hydrogens (tertiary/aromatic N) is 4. The van der Waals surface area contributed by atoms with Crippen molar-refractivity contribution in [2.45, 2.75) is 6.04 Å². The third-order valence-corrected chi connectivity index (χ3v) is 2.94. The van der Waals surface area contributed by atoms with E-state index in [0.717, 1.165) is 5.69 Å². The molecule has 6 nitrogen and oxygen atoms in total. The van der Waals surface area contributed by atoms with E-state index in [2.05, 4.69) is 4.98 Å². The van der Waals surface area contributed by atoms with Crippen LogP contribution in [-0.2, 0) is 0 Å². The molecule has 6 heteroatoms. The monoisotopic (exact) mass is 232 g/mol. The topological polar surface area (TPSA) is 80.5 Å². The minimum atomic E-state index is -0.890. The van der Waals surface area contributed by atoms with E-state index in [9.17, 15) is 4.79 Å². The molecule has 1 aliphatic heterocycles. The number of anilines is 1.